The second-order valence-corrected chi connectivity index (χ2v) is 5.62. The monoisotopic (exact) mass is 308 g/mol. The average Bonchev–Trinajstić information content (AvgIpc) is 2.41. The minimum absolute atomic E-state index is 0.223. The number of pyridine rings is 1. The minimum atomic E-state index is 0.223. The van der Waals surface area contributed by atoms with Crippen molar-refractivity contribution in [1.82, 2.24) is 10.3 Å². The molecule has 0 bridgehead atoms. The third-order valence-corrected chi connectivity index (χ3v) is 3.80. The van der Waals surface area contributed by atoms with E-state index in [0.29, 0.717) is 10.0 Å². The van der Waals surface area contributed by atoms with Crippen molar-refractivity contribution in [3.8, 4) is 0 Å². The van der Waals surface area contributed by atoms with Gasteiger partial charge < -0.3 is 5.32 Å². The maximum absolute atomic E-state index is 6.27. The highest BCUT2D eigenvalue weighted by Crippen LogP contribution is 2.26. The third kappa shape index (κ3) is 3.95. The van der Waals surface area contributed by atoms with Crippen LogP contribution >= 0.6 is 23.2 Å². The Balaban J connectivity index is 2.25. The number of likely N-dealkylation sites (N-methyl/N-ethyl adjacent to an activating group) is 1. The Morgan fingerprint density at radius 1 is 1.20 bits per heavy atom. The molecule has 1 aromatic carbocycles. The smallest absolute Gasteiger partial charge is 0.0453 e. The molecule has 1 heterocycles. The van der Waals surface area contributed by atoms with Gasteiger partial charge in [0.15, 0.2) is 0 Å². The summed E-state index contributed by atoms with van der Waals surface area (Å²) in [5, 5.41) is 4.88. The van der Waals surface area contributed by atoms with Gasteiger partial charge >= 0.3 is 0 Å². The topological polar surface area (TPSA) is 24.9 Å². The number of hydrogen-bond acceptors (Lipinski definition) is 2. The average molecular weight is 309 g/mol. The Kier molecular flexibility index (Phi) is 5.41. The molecule has 0 saturated carbocycles. The van der Waals surface area contributed by atoms with E-state index in [1.165, 1.54) is 5.56 Å². The lowest BCUT2D eigenvalue weighted by Crippen LogP contribution is -2.23. The van der Waals surface area contributed by atoms with Crippen LogP contribution in [0.2, 0.25) is 10.0 Å². The first kappa shape index (κ1) is 15.3. The van der Waals surface area contributed by atoms with E-state index in [-0.39, 0.29) is 6.04 Å². The van der Waals surface area contributed by atoms with Crippen molar-refractivity contribution in [2.75, 3.05) is 6.54 Å². The molecule has 2 rings (SSSR count). The number of nitrogens with zero attached hydrogens (tertiary/aromatic N) is 1. The van der Waals surface area contributed by atoms with Gasteiger partial charge in [-0.05, 0) is 55.3 Å². The normalized spacial score (nSPS) is 12.4. The van der Waals surface area contributed by atoms with Crippen LogP contribution in [0.5, 0.6) is 0 Å². The number of aryl methyl sites for hydroxylation is 1. The van der Waals surface area contributed by atoms with E-state index in [4.69, 9.17) is 23.2 Å². The number of nitrogens with one attached hydrogen (secondary N) is 1. The number of halogens is 2. The molecule has 0 amide bonds. The van der Waals surface area contributed by atoms with Crippen LogP contribution in [-0.2, 0) is 6.42 Å². The maximum atomic E-state index is 6.27. The summed E-state index contributed by atoms with van der Waals surface area (Å²) in [6, 6.07) is 10.0. The van der Waals surface area contributed by atoms with E-state index in [0.717, 1.165) is 24.2 Å². The summed E-state index contributed by atoms with van der Waals surface area (Å²) in [4.78, 5) is 4.25. The fraction of sp³-hybridized carbons (Fsp3) is 0.312. The molecule has 0 aliphatic rings. The quantitative estimate of drug-likeness (QED) is 0.874. The van der Waals surface area contributed by atoms with Crippen LogP contribution < -0.4 is 5.32 Å². The van der Waals surface area contributed by atoms with Crippen molar-refractivity contribution in [2.24, 2.45) is 0 Å². The van der Waals surface area contributed by atoms with Crippen molar-refractivity contribution in [1.29, 1.82) is 0 Å². The molecule has 0 aliphatic carbocycles. The van der Waals surface area contributed by atoms with E-state index < -0.39 is 0 Å². The fourth-order valence-electron chi connectivity index (χ4n) is 2.25. The number of benzene rings is 1. The van der Waals surface area contributed by atoms with Crippen molar-refractivity contribution >= 4 is 23.2 Å². The highest BCUT2D eigenvalue weighted by Gasteiger charge is 2.13. The minimum Gasteiger partial charge on any atom is -0.310 e. The number of hydrogen-bond donors (Lipinski definition) is 1. The van der Waals surface area contributed by atoms with E-state index in [2.05, 4.69) is 23.3 Å². The molecule has 1 aromatic heterocycles. The van der Waals surface area contributed by atoms with Crippen LogP contribution in [0.3, 0.4) is 0 Å². The van der Waals surface area contributed by atoms with Crippen LogP contribution in [0.4, 0.5) is 0 Å². The van der Waals surface area contributed by atoms with E-state index in [1.807, 2.05) is 31.3 Å². The lowest BCUT2D eigenvalue weighted by molar-refractivity contribution is 0.549. The molecule has 20 heavy (non-hydrogen) atoms. The summed E-state index contributed by atoms with van der Waals surface area (Å²) < 4.78 is 0. The molecule has 0 spiro atoms. The summed E-state index contributed by atoms with van der Waals surface area (Å²) in [6.45, 7) is 5.00. The first-order valence-electron chi connectivity index (χ1n) is 6.70. The van der Waals surface area contributed by atoms with E-state index >= 15 is 0 Å². The Bertz CT molecular complexity index is 584. The summed E-state index contributed by atoms with van der Waals surface area (Å²) in [5.41, 5.74) is 3.34. The largest absolute Gasteiger partial charge is 0.310 e. The molecule has 0 fully saturated rings. The Morgan fingerprint density at radius 3 is 2.65 bits per heavy atom. The summed E-state index contributed by atoms with van der Waals surface area (Å²) in [5.74, 6) is 0. The molecule has 0 aliphatic heterocycles. The summed E-state index contributed by atoms with van der Waals surface area (Å²) in [7, 11) is 0. The summed E-state index contributed by atoms with van der Waals surface area (Å²) in [6.07, 6.45) is 2.67. The maximum Gasteiger partial charge on any atom is 0.0453 e. The lowest BCUT2D eigenvalue weighted by atomic mass is 9.99. The SMILES string of the molecule is CCNC(Cc1ccc(Cl)cc1Cl)c1ccnc(C)c1. The highest BCUT2D eigenvalue weighted by atomic mass is 35.5. The van der Waals surface area contributed by atoms with Crippen molar-refractivity contribution in [2.45, 2.75) is 26.3 Å². The molecule has 106 valence electrons. The van der Waals surface area contributed by atoms with Crippen molar-refractivity contribution in [3.05, 3.63) is 63.4 Å². The highest BCUT2D eigenvalue weighted by molar-refractivity contribution is 6.35. The Labute approximate surface area is 130 Å². The molecule has 1 N–H and O–H groups in total. The first-order chi connectivity index (χ1) is 9.60. The zero-order valence-electron chi connectivity index (χ0n) is 11.7. The van der Waals surface area contributed by atoms with Gasteiger partial charge in [0.1, 0.15) is 0 Å². The van der Waals surface area contributed by atoms with Crippen LogP contribution in [0.25, 0.3) is 0 Å². The zero-order chi connectivity index (χ0) is 14.5. The Morgan fingerprint density at radius 2 is 2.00 bits per heavy atom. The van der Waals surface area contributed by atoms with Gasteiger partial charge in [-0.3, -0.25) is 4.98 Å². The second kappa shape index (κ2) is 7.07. The van der Waals surface area contributed by atoms with E-state index in [1.54, 1.807) is 6.07 Å². The predicted molar refractivity (Wildman–Crippen MR) is 85.6 cm³/mol. The standard InChI is InChI=1S/C16H18Cl2N2/c1-3-19-16(13-6-7-20-11(2)8-13)9-12-4-5-14(17)10-15(12)18/h4-8,10,16,19H,3,9H2,1-2H3. The van der Waals surface area contributed by atoms with Gasteiger partial charge in [0.25, 0.3) is 0 Å². The van der Waals surface area contributed by atoms with Crippen LogP contribution in [0, 0.1) is 6.92 Å². The van der Waals surface area contributed by atoms with Gasteiger partial charge in [0.2, 0.25) is 0 Å². The fourth-order valence-corrected chi connectivity index (χ4v) is 2.73. The van der Waals surface area contributed by atoms with Crippen LogP contribution in [0.15, 0.2) is 36.5 Å². The molecule has 2 aromatic rings. The third-order valence-electron chi connectivity index (χ3n) is 3.21. The molecule has 1 unspecified atom stereocenters. The van der Waals surface area contributed by atoms with Gasteiger partial charge in [-0.1, -0.05) is 36.2 Å². The molecule has 0 radical (unpaired) electrons. The second-order valence-electron chi connectivity index (χ2n) is 4.78. The number of aromatic nitrogens is 1. The van der Waals surface area contributed by atoms with Crippen molar-refractivity contribution < 1.29 is 0 Å². The van der Waals surface area contributed by atoms with Crippen LogP contribution in [0.1, 0.15) is 29.8 Å². The molecule has 0 saturated heterocycles. The molecular formula is C16H18Cl2N2. The van der Waals surface area contributed by atoms with Gasteiger partial charge in [-0.15, -0.1) is 0 Å². The lowest BCUT2D eigenvalue weighted by Gasteiger charge is -2.19. The van der Waals surface area contributed by atoms with Gasteiger partial charge in [-0.2, -0.15) is 0 Å². The van der Waals surface area contributed by atoms with Crippen molar-refractivity contribution in [3.63, 3.8) is 0 Å². The Hall–Kier alpha value is -1.09. The molecule has 1 atom stereocenters. The van der Waals surface area contributed by atoms with Crippen LogP contribution in [-0.4, -0.2) is 11.5 Å². The number of rotatable bonds is 5. The molecule has 4 heteroatoms. The van der Waals surface area contributed by atoms with E-state index in [9.17, 15) is 0 Å². The molecule has 2 nitrogen and oxygen atoms in total. The molecular weight excluding hydrogens is 291 g/mol. The zero-order valence-corrected chi connectivity index (χ0v) is 13.2. The van der Waals surface area contributed by atoms with Gasteiger partial charge in [-0.25, -0.2) is 0 Å². The van der Waals surface area contributed by atoms with Gasteiger partial charge in [0.05, 0.1) is 0 Å². The first-order valence-corrected chi connectivity index (χ1v) is 7.45. The van der Waals surface area contributed by atoms with Gasteiger partial charge in [0, 0.05) is 28.0 Å². The predicted octanol–water partition coefficient (Wildman–Crippen LogP) is 4.59. The summed E-state index contributed by atoms with van der Waals surface area (Å²) >= 11 is 12.2.